The summed E-state index contributed by atoms with van der Waals surface area (Å²) in [4.78, 5) is 14.5. The van der Waals surface area contributed by atoms with E-state index in [0.29, 0.717) is 21.4 Å². The van der Waals surface area contributed by atoms with Gasteiger partial charge in [0.2, 0.25) is 0 Å². The summed E-state index contributed by atoms with van der Waals surface area (Å²) in [5, 5.41) is 15.1. The zero-order valence-corrected chi connectivity index (χ0v) is 13.3. The van der Waals surface area contributed by atoms with Crippen LogP contribution in [0, 0.1) is 15.9 Å². The summed E-state index contributed by atoms with van der Waals surface area (Å²) in [6.07, 6.45) is 1.47. The average Bonchev–Trinajstić information content (AvgIpc) is 2.99. The first-order valence-corrected chi connectivity index (χ1v) is 7.40. The molecular formula is C15H10BrFN4O2. The summed E-state index contributed by atoms with van der Waals surface area (Å²) in [5.41, 5.74) is 0.982. The van der Waals surface area contributed by atoms with Crippen LogP contribution in [0.2, 0.25) is 0 Å². The molecule has 0 amide bonds. The van der Waals surface area contributed by atoms with Crippen molar-refractivity contribution in [3.05, 3.63) is 74.8 Å². The molecule has 1 heterocycles. The van der Waals surface area contributed by atoms with Gasteiger partial charge in [0.15, 0.2) is 5.82 Å². The van der Waals surface area contributed by atoms with Crippen LogP contribution in [0.4, 0.5) is 10.1 Å². The highest BCUT2D eigenvalue weighted by Gasteiger charge is 2.11. The summed E-state index contributed by atoms with van der Waals surface area (Å²) in [5.74, 6) is 0.0120. The summed E-state index contributed by atoms with van der Waals surface area (Å²) in [6, 6.07) is 10.9. The van der Waals surface area contributed by atoms with E-state index in [2.05, 4.69) is 26.0 Å². The number of nitro benzene ring substituents is 1. The van der Waals surface area contributed by atoms with Gasteiger partial charge in [0.25, 0.3) is 5.69 Å². The maximum Gasteiger partial charge on any atom is 0.270 e. The smallest absolute Gasteiger partial charge is 0.258 e. The lowest BCUT2D eigenvalue weighted by molar-refractivity contribution is -0.384. The Hall–Kier alpha value is -2.61. The third kappa shape index (κ3) is 3.42. The quantitative estimate of drug-likeness (QED) is 0.512. The van der Waals surface area contributed by atoms with Gasteiger partial charge in [-0.3, -0.25) is 10.1 Å². The van der Waals surface area contributed by atoms with Crippen molar-refractivity contribution < 1.29 is 9.31 Å². The molecule has 1 aromatic heterocycles. The third-order valence-electron chi connectivity index (χ3n) is 3.20. The molecule has 0 aliphatic carbocycles. The number of hydrogen-bond donors (Lipinski definition) is 0. The Morgan fingerprint density at radius 2 is 2.09 bits per heavy atom. The fourth-order valence-corrected chi connectivity index (χ4v) is 2.42. The molecular weight excluding hydrogens is 367 g/mol. The summed E-state index contributed by atoms with van der Waals surface area (Å²) in [7, 11) is 0. The van der Waals surface area contributed by atoms with Crippen molar-refractivity contribution in [2.45, 2.75) is 6.54 Å². The van der Waals surface area contributed by atoms with E-state index in [1.165, 1.54) is 29.2 Å². The van der Waals surface area contributed by atoms with Crippen molar-refractivity contribution in [1.82, 2.24) is 14.8 Å². The predicted molar refractivity (Wildman–Crippen MR) is 85.3 cm³/mol. The molecule has 2 aromatic carbocycles. The SMILES string of the molecule is O=[N+]([O-])c1cccc(-c2ncn(Cc3ccc(Br)cc3F)n2)c1. The molecule has 23 heavy (non-hydrogen) atoms. The minimum absolute atomic E-state index is 0.0298. The molecule has 0 fully saturated rings. The Morgan fingerprint density at radius 1 is 1.26 bits per heavy atom. The molecule has 0 aliphatic rings. The molecule has 8 heteroatoms. The lowest BCUT2D eigenvalue weighted by Gasteiger charge is -2.03. The monoisotopic (exact) mass is 376 g/mol. The number of nitro groups is 1. The zero-order chi connectivity index (χ0) is 16.4. The van der Waals surface area contributed by atoms with Crippen LogP contribution in [0.3, 0.4) is 0 Å². The third-order valence-corrected chi connectivity index (χ3v) is 3.69. The number of halogens is 2. The minimum Gasteiger partial charge on any atom is -0.258 e. The highest BCUT2D eigenvalue weighted by molar-refractivity contribution is 9.10. The van der Waals surface area contributed by atoms with Gasteiger partial charge in [-0.1, -0.05) is 34.1 Å². The highest BCUT2D eigenvalue weighted by Crippen LogP contribution is 2.21. The molecule has 116 valence electrons. The maximum atomic E-state index is 13.8. The number of hydrogen-bond acceptors (Lipinski definition) is 4. The molecule has 0 saturated carbocycles. The van der Waals surface area contributed by atoms with Gasteiger partial charge >= 0.3 is 0 Å². The van der Waals surface area contributed by atoms with Crippen molar-refractivity contribution in [2.75, 3.05) is 0 Å². The van der Waals surface area contributed by atoms with E-state index in [4.69, 9.17) is 0 Å². The van der Waals surface area contributed by atoms with E-state index in [1.807, 2.05) is 0 Å². The molecule has 0 bridgehead atoms. The van der Waals surface area contributed by atoms with Crippen LogP contribution in [0.5, 0.6) is 0 Å². The van der Waals surface area contributed by atoms with Crippen LogP contribution >= 0.6 is 15.9 Å². The molecule has 3 rings (SSSR count). The van der Waals surface area contributed by atoms with Crippen LogP contribution in [0.1, 0.15) is 5.56 Å². The van der Waals surface area contributed by atoms with Crippen molar-refractivity contribution >= 4 is 21.6 Å². The molecule has 0 N–H and O–H groups in total. The van der Waals surface area contributed by atoms with Gasteiger partial charge in [0.05, 0.1) is 11.5 Å². The van der Waals surface area contributed by atoms with Crippen molar-refractivity contribution in [3.8, 4) is 11.4 Å². The van der Waals surface area contributed by atoms with Gasteiger partial charge in [0, 0.05) is 27.7 Å². The van der Waals surface area contributed by atoms with E-state index in [9.17, 15) is 14.5 Å². The lowest BCUT2D eigenvalue weighted by Crippen LogP contribution is -2.02. The Morgan fingerprint density at radius 3 is 2.83 bits per heavy atom. The predicted octanol–water partition coefficient (Wildman–Crippen LogP) is 3.80. The second-order valence-corrected chi connectivity index (χ2v) is 5.72. The summed E-state index contributed by atoms with van der Waals surface area (Å²) >= 11 is 3.21. The van der Waals surface area contributed by atoms with Gasteiger partial charge in [-0.05, 0) is 12.1 Å². The average molecular weight is 377 g/mol. The van der Waals surface area contributed by atoms with Crippen LogP contribution in [0.25, 0.3) is 11.4 Å². The number of benzene rings is 2. The topological polar surface area (TPSA) is 73.8 Å². The Balaban J connectivity index is 1.86. The molecule has 0 radical (unpaired) electrons. The molecule has 0 saturated heterocycles. The van der Waals surface area contributed by atoms with Crippen molar-refractivity contribution in [3.63, 3.8) is 0 Å². The fraction of sp³-hybridized carbons (Fsp3) is 0.0667. The molecule has 0 aliphatic heterocycles. The first kappa shape index (κ1) is 15.3. The van der Waals surface area contributed by atoms with E-state index < -0.39 is 4.92 Å². The van der Waals surface area contributed by atoms with Crippen LogP contribution < -0.4 is 0 Å². The van der Waals surface area contributed by atoms with E-state index in [-0.39, 0.29) is 18.0 Å². The fourth-order valence-electron chi connectivity index (χ4n) is 2.09. The van der Waals surface area contributed by atoms with Crippen molar-refractivity contribution in [2.24, 2.45) is 0 Å². The number of aromatic nitrogens is 3. The van der Waals surface area contributed by atoms with E-state index >= 15 is 0 Å². The van der Waals surface area contributed by atoms with Gasteiger partial charge in [0.1, 0.15) is 12.1 Å². The standard InChI is InChI=1S/C15H10BrFN4O2/c16-12-5-4-11(14(17)7-12)8-20-9-18-15(19-20)10-2-1-3-13(6-10)21(22)23/h1-7,9H,8H2. The molecule has 0 spiro atoms. The van der Waals surface area contributed by atoms with Gasteiger partial charge < -0.3 is 0 Å². The molecule has 6 nitrogen and oxygen atoms in total. The maximum absolute atomic E-state index is 13.8. The second kappa shape index (κ2) is 6.25. The minimum atomic E-state index is -0.475. The van der Waals surface area contributed by atoms with E-state index in [0.717, 1.165) is 0 Å². The van der Waals surface area contributed by atoms with Crippen LogP contribution in [0.15, 0.2) is 53.3 Å². The van der Waals surface area contributed by atoms with Gasteiger partial charge in [-0.2, -0.15) is 5.10 Å². The summed E-state index contributed by atoms with van der Waals surface area (Å²) < 4.78 is 16.0. The second-order valence-electron chi connectivity index (χ2n) is 4.81. The molecule has 0 unspecified atom stereocenters. The van der Waals surface area contributed by atoms with Gasteiger partial charge in [-0.15, -0.1) is 0 Å². The first-order valence-electron chi connectivity index (χ1n) is 6.61. The van der Waals surface area contributed by atoms with Crippen LogP contribution in [-0.2, 0) is 6.54 Å². The lowest BCUT2D eigenvalue weighted by atomic mass is 10.2. The molecule has 0 atom stereocenters. The number of rotatable bonds is 4. The number of nitrogens with zero attached hydrogens (tertiary/aromatic N) is 4. The first-order chi connectivity index (χ1) is 11.0. The summed E-state index contributed by atoms with van der Waals surface area (Å²) in [6.45, 7) is 0.223. The number of non-ortho nitro benzene ring substituents is 1. The Bertz CT molecular complexity index is 881. The van der Waals surface area contributed by atoms with Gasteiger partial charge in [-0.25, -0.2) is 14.1 Å². The van der Waals surface area contributed by atoms with Crippen LogP contribution in [-0.4, -0.2) is 19.7 Å². The Labute approximate surface area is 138 Å². The largest absolute Gasteiger partial charge is 0.270 e. The zero-order valence-electron chi connectivity index (χ0n) is 11.7. The molecule has 3 aromatic rings. The normalized spacial score (nSPS) is 10.7. The van der Waals surface area contributed by atoms with E-state index in [1.54, 1.807) is 24.3 Å². The Kier molecular flexibility index (Phi) is 4.16. The van der Waals surface area contributed by atoms with Crippen molar-refractivity contribution in [1.29, 1.82) is 0 Å². The highest BCUT2D eigenvalue weighted by atomic mass is 79.9.